The summed E-state index contributed by atoms with van der Waals surface area (Å²) in [5, 5.41) is 3.88. The van der Waals surface area contributed by atoms with Gasteiger partial charge in [0.25, 0.3) is 5.91 Å². The number of nitrogens with zero attached hydrogens (tertiary/aromatic N) is 1. The van der Waals surface area contributed by atoms with E-state index < -0.39 is 0 Å². The Bertz CT molecular complexity index is 719. The van der Waals surface area contributed by atoms with Crippen molar-refractivity contribution in [3.05, 3.63) is 29.5 Å². The molecular weight excluding hydrogens is 308 g/mol. The molecule has 2 heterocycles. The molecule has 1 amide bonds. The maximum Gasteiger partial charge on any atom is 0.287 e. The summed E-state index contributed by atoms with van der Waals surface area (Å²) in [4.78, 5) is 14.8. The number of aryl methyl sites for hydroxylation is 1. The molecule has 24 heavy (non-hydrogen) atoms. The van der Waals surface area contributed by atoms with E-state index in [0.717, 1.165) is 43.0 Å². The summed E-state index contributed by atoms with van der Waals surface area (Å²) < 4.78 is 16.3. The van der Waals surface area contributed by atoms with Crippen molar-refractivity contribution in [3.63, 3.8) is 0 Å². The average Bonchev–Trinajstić information content (AvgIpc) is 2.96. The van der Waals surface area contributed by atoms with E-state index >= 15 is 0 Å². The van der Waals surface area contributed by atoms with E-state index in [1.165, 1.54) is 0 Å². The Kier molecular flexibility index (Phi) is 5.06. The smallest absolute Gasteiger partial charge is 0.287 e. The summed E-state index contributed by atoms with van der Waals surface area (Å²) in [6.45, 7) is 7.90. The van der Waals surface area contributed by atoms with E-state index in [4.69, 9.17) is 13.9 Å². The number of furan rings is 1. The second-order valence-electron chi connectivity index (χ2n) is 6.13. The van der Waals surface area contributed by atoms with Crippen molar-refractivity contribution in [2.45, 2.75) is 19.9 Å². The summed E-state index contributed by atoms with van der Waals surface area (Å²) in [6.07, 6.45) is 0. The van der Waals surface area contributed by atoms with Gasteiger partial charge < -0.3 is 19.2 Å². The molecule has 3 rings (SSSR count). The van der Waals surface area contributed by atoms with E-state index in [9.17, 15) is 4.79 Å². The minimum Gasteiger partial charge on any atom is -0.497 e. The number of ether oxygens (including phenoxy) is 2. The molecule has 1 aliphatic rings. The number of benzene rings is 1. The van der Waals surface area contributed by atoms with Crippen LogP contribution in [0.2, 0.25) is 0 Å². The van der Waals surface area contributed by atoms with Crippen LogP contribution < -0.4 is 10.1 Å². The molecule has 1 N–H and O–H groups in total. The van der Waals surface area contributed by atoms with Gasteiger partial charge in [0, 0.05) is 36.6 Å². The Morgan fingerprint density at radius 2 is 2.12 bits per heavy atom. The molecule has 1 saturated heterocycles. The summed E-state index contributed by atoms with van der Waals surface area (Å²) in [7, 11) is 1.62. The second kappa shape index (κ2) is 7.23. The zero-order chi connectivity index (χ0) is 17.1. The third-order valence-electron chi connectivity index (χ3n) is 4.58. The van der Waals surface area contributed by atoms with Crippen molar-refractivity contribution in [2.24, 2.45) is 0 Å². The minimum atomic E-state index is -0.178. The van der Waals surface area contributed by atoms with Crippen LogP contribution in [0, 0.1) is 6.92 Å². The number of methoxy groups -OCH3 is 1. The van der Waals surface area contributed by atoms with Gasteiger partial charge in [-0.05, 0) is 32.0 Å². The molecule has 1 aliphatic heterocycles. The quantitative estimate of drug-likeness (QED) is 0.909. The van der Waals surface area contributed by atoms with Gasteiger partial charge >= 0.3 is 0 Å². The number of fused-ring (bicyclic) bond motifs is 1. The first-order valence-corrected chi connectivity index (χ1v) is 8.27. The number of nitrogens with one attached hydrogen (secondary N) is 1. The highest BCUT2D eigenvalue weighted by molar-refractivity contribution is 5.99. The van der Waals surface area contributed by atoms with Gasteiger partial charge in [-0.15, -0.1) is 0 Å². The van der Waals surface area contributed by atoms with E-state index in [-0.39, 0.29) is 11.9 Å². The van der Waals surface area contributed by atoms with Crippen LogP contribution in [0.3, 0.4) is 0 Å². The molecule has 0 bridgehead atoms. The maximum absolute atomic E-state index is 12.5. The Hall–Kier alpha value is -2.05. The molecule has 6 nitrogen and oxygen atoms in total. The minimum absolute atomic E-state index is 0.178. The van der Waals surface area contributed by atoms with Crippen LogP contribution in [-0.4, -0.2) is 56.8 Å². The van der Waals surface area contributed by atoms with Gasteiger partial charge in [0.2, 0.25) is 0 Å². The predicted molar refractivity (Wildman–Crippen MR) is 91.7 cm³/mol. The molecule has 130 valence electrons. The fourth-order valence-corrected chi connectivity index (χ4v) is 3.01. The van der Waals surface area contributed by atoms with Gasteiger partial charge in [-0.1, -0.05) is 0 Å². The maximum atomic E-state index is 12.5. The topological polar surface area (TPSA) is 63.9 Å². The number of rotatable bonds is 5. The van der Waals surface area contributed by atoms with Crippen molar-refractivity contribution in [1.29, 1.82) is 0 Å². The lowest BCUT2D eigenvalue weighted by atomic mass is 10.1. The lowest BCUT2D eigenvalue weighted by molar-refractivity contribution is 0.0203. The predicted octanol–water partition coefficient (Wildman–Crippen LogP) is 2.20. The summed E-state index contributed by atoms with van der Waals surface area (Å²) in [5.41, 5.74) is 1.53. The zero-order valence-corrected chi connectivity index (χ0v) is 14.4. The highest BCUT2D eigenvalue weighted by Gasteiger charge is 2.21. The average molecular weight is 332 g/mol. The molecule has 0 spiro atoms. The molecule has 0 saturated carbocycles. The Morgan fingerprint density at radius 1 is 1.38 bits per heavy atom. The van der Waals surface area contributed by atoms with E-state index in [2.05, 4.69) is 17.1 Å². The normalized spacial score (nSPS) is 17.0. The summed E-state index contributed by atoms with van der Waals surface area (Å²) >= 11 is 0. The zero-order valence-electron chi connectivity index (χ0n) is 14.4. The van der Waals surface area contributed by atoms with Crippen molar-refractivity contribution in [2.75, 3.05) is 40.0 Å². The number of hydrogen-bond donors (Lipinski definition) is 1. The SMILES string of the molecule is COc1ccc2oc(C(=O)NC[C@H](C)N3CCOCC3)c(C)c2c1. The van der Waals surface area contributed by atoms with Gasteiger partial charge in [-0.25, -0.2) is 0 Å². The Balaban J connectivity index is 1.68. The van der Waals surface area contributed by atoms with Gasteiger partial charge in [-0.2, -0.15) is 0 Å². The molecular formula is C18H24N2O4. The van der Waals surface area contributed by atoms with E-state index in [1.54, 1.807) is 7.11 Å². The number of hydrogen-bond acceptors (Lipinski definition) is 5. The van der Waals surface area contributed by atoms with E-state index in [1.807, 2.05) is 25.1 Å². The van der Waals surface area contributed by atoms with E-state index in [0.29, 0.717) is 17.9 Å². The molecule has 0 unspecified atom stereocenters. The molecule has 1 atom stereocenters. The molecule has 1 aromatic heterocycles. The lowest BCUT2D eigenvalue weighted by Crippen LogP contribution is -2.47. The first kappa shape index (κ1) is 16.8. The molecule has 1 fully saturated rings. The number of amides is 1. The highest BCUT2D eigenvalue weighted by Crippen LogP contribution is 2.28. The first-order chi connectivity index (χ1) is 11.6. The standard InChI is InChI=1S/C18H24N2O4/c1-12(20-6-8-23-9-7-20)11-19-18(21)17-13(2)15-10-14(22-3)4-5-16(15)24-17/h4-5,10,12H,6-9,11H2,1-3H3,(H,19,21)/t12-/m0/s1. The number of morpholine rings is 1. The largest absolute Gasteiger partial charge is 0.497 e. The lowest BCUT2D eigenvalue weighted by Gasteiger charge is -2.32. The van der Waals surface area contributed by atoms with Crippen LogP contribution in [-0.2, 0) is 4.74 Å². The Morgan fingerprint density at radius 3 is 2.83 bits per heavy atom. The van der Waals surface area contributed by atoms with Gasteiger partial charge in [0.1, 0.15) is 11.3 Å². The van der Waals surface area contributed by atoms with Crippen molar-refractivity contribution < 1.29 is 18.7 Å². The van der Waals surface area contributed by atoms with Gasteiger partial charge in [0.15, 0.2) is 5.76 Å². The van der Waals surface area contributed by atoms with Crippen molar-refractivity contribution in [3.8, 4) is 5.75 Å². The van der Waals surface area contributed by atoms with Crippen LogP contribution in [0.1, 0.15) is 23.0 Å². The fourth-order valence-electron chi connectivity index (χ4n) is 3.01. The van der Waals surface area contributed by atoms with Crippen molar-refractivity contribution in [1.82, 2.24) is 10.2 Å². The highest BCUT2D eigenvalue weighted by atomic mass is 16.5. The van der Waals surface area contributed by atoms with Crippen molar-refractivity contribution >= 4 is 16.9 Å². The summed E-state index contributed by atoms with van der Waals surface area (Å²) in [6, 6.07) is 5.81. The van der Waals surface area contributed by atoms with Crippen LogP contribution in [0.5, 0.6) is 5.75 Å². The monoisotopic (exact) mass is 332 g/mol. The fraction of sp³-hybridized carbons (Fsp3) is 0.500. The number of carbonyl (C=O) groups is 1. The molecule has 2 aromatic rings. The van der Waals surface area contributed by atoms with Crippen LogP contribution in [0.15, 0.2) is 22.6 Å². The third-order valence-corrected chi connectivity index (χ3v) is 4.58. The second-order valence-corrected chi connectivity index (χ2v) is 6.13. The molecule has 0 aliphatic carbocycles. The first-order valence-electron chi connectivity index (χ1n) is 8.27. The van der Waals surface area contributed by atoms with Crippen LogP contribution in [0.25, 0.3) is 11.0 Å². The molecule has 1 aromatic carbocycles. The summed E-state index contributed by atoms with van der Waals surface area (Å²) in [5.74, 6) is 0.939. The Labute approximate surface area is 141 Å². The molecule has 0 radical (unpaired) electrons. The van der Waals surface area contributed by atoms with Crippen LogP contribution >= 0.6 is 0 Å². The van der Waals surface area contributed by atoms with Gasteiger partial charge in [0.05, 0.1) is 20.3 Å². The third kappa shape index (κ3) is 3.39. The van der Waals surface area contributed by atoms with Gasteiger partial charge in [-0.3, -0.25) is 9.69 Å². The molecule has 6 heteroatoms. The number of carbonyl (C=O) groups excluding carboxylic acids is 1. The van der Waals surface area contributed by atoms with Crippen LogP contribution in [0.4, 0.5) is 0 Å².